The molecule has 0 saturated carbocycles. The molecule has 4 aromatic rings. The van der Waals surface area contributed by atoms with Gasteiger partial charge in [-0.15, -0.1) is 11.3 Å². The van der Waals surface area contributed by atoms with E-state index in [2.05, 4.69) is 50.4 Å². The second-order valence-corrected chi connectivity index (χ2v) is 7.90. The molecule has 0 bridgehead atoms. The van der Waals surface area contributed by atoms with Gasteiger partial charge in [-0.05, 0) is 37.8 Å². The van der Waals surface area contributed by atoms with Crippen molar-refractivity contribution < 1.29 is 0 Å². The maximum atomic E-state index is 4.85. The van der Waals surface area contributed by atoms with Crippen LogP contribution in [0.3, 0.4) is 0 Å². The summed E-state index contributed by atoms with van der Waals surface area (Å²) in [6.45, 7) is 2.94. The van der Waals surface area contributed by atoms with Gasteiger partial charge in [0.1, 0.15) is 28.6 Å². The molecule has 6 nitrogen and oxygen atoms in total. The number of piperidine rings is 1. The summed E-state index contributed by atoms with van der Waals surface area (Å²) in [5.74, 6) is 2.73. The Hall–Kier alpha value is -2.80. The average molecular weight is 376 g/mol. The first-order valence-electron chi connectivity index (χ1n) is 9.25. The number of benzene rings is 1. The van der Waals surface area contributed by atoms with Crippen LogP contribution in [0.4, 0.5) is 5.82 Å². The highest BCUT2D eigenvalue weighted by Crippen LogP contribution is 2.40. The highest BCUT2D eigenvalue weighted by atomic mass is 32.1. The van der Waals surface area contributed by atoms with Gasteiger partial charge in [0.2, 0.25) is 0 Å². The van der Waals surface area contributed by atoms with Crippen molar-refractivity contribution in [1.29, 1.82) is 0 Å². The molecule has 5 rings (SSSR count). The van der Waals surface area contributed by atoms with Gasteiger partial charge in [0.05, 0.1) is 11.4 Å². The molecule has 0 spiro atoms. The van der Waals surface area contributed by atoms with Crippen molar-refractivity contribution in [2.75, 3.05) is 11.4 Å². The van der Waals surface area contributed by atoms with Crippen LogP contribution in [0, 0.1) is 6.92 Å². The van der Waals surface area contributed by atoms with Gasteiger partial charge in [-0.25, -0.2) is 15.0 Å². The van der Waals surface area contributed by atoms with Crippen LogP contribution in [-0.2, 0) is 0 Å². The Balaban J connectivity index is 1.64. The number of aromatic amines is 1. The van der Waals surface area contributed by atoms with E-state index in [0.717, 1.165) is 47.1 Å². The number of aryl methyl sites for hydroxylation is 1. The maximum Gasteiger partial charge on any atom is 0.147 e. The minimum absolute atomic E-state index is 0.179. The van der Waals surface area contributed by atoms with Gasteiger partial charge < -0.3 is 4.90 Å². The molecule has 1 saturated heterocycles. The summed E-state index contributed by atoms with van der Waals surface area (Å²) in [6.07, 6.45) is 4.98. The van der Waals surface area contributed by atoms with Crippen LogP contribution in [0.15, 0.2) is 42.7 Å². The van der Waals surface area contributed by atoms with Crippen molar-refractivity contribution >= 4 is 27.4 Å². The summed E-state index contributed by atoms with van der Waals surface area (Å²) < 4.78 is 0. The molecule has 1 unspecified atom stereocenters. The van der Waals surface area contributed by atoms with E-state index in [-0.39, 0.29) is 6.04 Å². The smallest absolute Gasteiger partial charge is 0.147 e. The molecule has 0 aliphatic carbocycles. The van der Waals surface area contributed by atoms with Gasteiger partial charge in [0, 0.05) is 11.4 Å². The fraction of sp³-hybridized carbons (Fsp3) is 0.300. The van der Waals surface area contributed by atoms with Crippen LogP contribution in [0.1, 0.15) is 37.0 Å². The lowest BCUT2D eigenvalue weighted by Crippen LogP contribution is -2.35. The van der Waals surface area contributed by atoms with Crippen molar-refractivity contribution in [2.45, 2.75) is 32.2 Å². The normalized spacial score (nSPS) is 17.5. The van der Waals surface area contributed by atoms with Crippen LogP contribution in [0.2, 0.25) is 0 Å². The number of aromatic nitrogens is 5. The fourth-order valence-electron chi connectivity index (χ4n) is 3.82. The SMILES string of the molecule is Cc1nc(N2CCCCC2c2ncn[nH]2)c2cc(-c3ccccc3)sc2n1. The maximum absolute atomic E-state index is 4.85. The highest BCUT2D eigenvalue weighted by molar-refractivity contribution is 7.21. The summed E-state index contributed by atoms with van der Waals surface area (Å²) in [7, 11) is 0. The molecule has 7 heteroatoms. The van der Waals surface area contributed by atoms with Crippen LogP contribution >= 0.6 is 11.3 Å². The summed E-state index contributed by atoms with van der Waals surface area (Å²) in [4.78, 5) is 18.6. The Morgan fingerprint density at radius 1 is 1.15 bits per heavy atom. The lowest BCUT2D eigenvalue weighted by Gasteiger charge is -2.35. The summed E-state index contributed by atoms with van der Waals surface area (Å²) in [6, 6.07) is 12.9. The third-order valence-corrected chi connectivity index (χ3v) is 6.14. The second kappa shape index (κ2) is 6.74. The molecule has 1 fully saturated rings. The van der Waals surface area contributed by atoms with E-state index >= 15 is 0 Å². The summed E-state index contributed by atoms with van der Waals surface area (Å²) >= 11 is 1.73. The minimum Gasteiger partial charge on any atom is -0.346 e. The largest absolute Gasteiger partial charge is 0.346 e. The fourth-order valence-corrected chi connectivity index (χ4v) is 4.90. The van der Waals surface area contributed by atoms with Gasteiger partial charge in [0.25, 0.3) is 0 Å². The van der Waals surface area contributed by atoms with Crippen molar-refractivity contribution in [1.82, 2.24) is 25.1 Å². The van der Waals surface area contributed by atoms with E-state index < -0.39 is 0 Å². The van der Waals surface area contributed by atoms with Gasteiger partial charge in [-0.1, -0.05) is 30.3 Å². The number of hydrogen-bond acceptors (Lipinski definition) is 6. The number of anilines is 1. The zero-order valence-electron chi connectivity index (χ0n) is 15.1. The molecule has 0 radical (unpaired) electrons. The lowest BCUT2D eigenvalue weighted by molar-refractivity contribution is 0.454. The first-order valence-corrected chi connectivity index (χ1v) is 10.1. The zero-order chi connectivity index (χ0) is 18.2. The van der Waals surface area contributed by atoms with Crippen LogP contribution < -0.4 is 4.90 Å². The van der Waals surface area contributed by atoms with Crippen molar-refractivity contribution in [2.24, 2.45) is 0 Å². The number of H-pyrrole nitrogens is 1. The molecule has 0 amide bonds. The Morgan fingerprint density at radius 3 is 2.85 bits per heavy atom. The van der Waals surface area contributed by atoms with Crippen LogP contribution in [0.25, 0.3) is 20.7 Å². The molecule has 136 valence electrons. The number of nitrogens with zero attached hydrogens (tertiary/aromatic N) is 5. The first kappa shape index (κ1) is 16.4. The van der Waals surface area contributed by atoms with E-state index in [1.807, 2.05) is 13.0 Å². The first-order chi connectivity index (χ1) is 13.3. The Labute approximate surface area is 161 Å². The van der Waals surface area contributed by atoms with Crippen molar-refractivity contribution in [3.8, 4) is 10.4 Å². The van der Waals surface area contributed by atoms with Gasteiger partial charge in [0.15, 0.2) is 0 Å². The molecule has 1 aliphatic rings. The van der Waals surface area contributed by atoms with Gasteiger partial charge >= 0.3 is 0 Å². The number of fused-ring (bicyclic) bond motifs is 1. The molecular weight excluding hydrogens is 356 g/mol. The topological polar surface area (TPSA) is 70.6 Å². The Morgan fingerprint density at radius 2 is 2.04 bits per heavy atom. The average Bonchev–Trinajstić information content (AvgIpc) is 3.38. The predicted molar refractivity (Wildman–Crippen MR) is 108 cm³/mol. The Kier molecular flexibility index (Phi) is 4.09. The van der Waals surface area contributed by atoms with E-state index in [0.29, 0.717) is 0 Å². The van der Waals surface area contributed by atoms with Crippen molar-refractivity contribution in [3.63, 3.8) is 0 Å². The molecule has 1 N–H and O–H groups in total. The standard InChI is InChI=1S/C20H20N6S/c1-13-23-19(26-10-6-5-9-16(26)18-21-12-22-25-18)15-11-17(27-20(15)24-13)14-7-3-2-4-8-14/h2-4,7-8,11-12,16H,5-6,9-10H2,1H3,(H,21,22,25). The van der Waals surface area contributed by atoms with Crippen LogP contribution in [-0.4, -0.2) is 31.7 Å². The van der Waals surface area contributed by atoms with E-state index in [4.69, 9.17) is 9.97 Å². The van der Waals surface area contributed by atoms with Crippen molar-refractivity contribution in [3.05, 3.63) is 54.4 Å². The quantitative estimate of drug-likeness (QED) is 0.569. The van der Waals surface area contributed by atoms with Gasteiger partial charge in [-0.3, -0.25) is 5.10 Å². The monoisotopic (exact) mass is 376 g/mol. The number of thiophene rings is 1. The summed E-state index contributed by atoms with van der Waals surface area (Å²) in [5, 5.41) is 8.23. The highest BCUT2D eigenvalue weighted by Gasteiger charge is 2.29. The molecule has 1 aliphatic heterocycles. The van der Waals surface area contributed by atoms with Crippen LogP contribution in [0.5, 0.6) is 0 Å². The third kappa shape index (κ3) is 2.98. The molecule has 3 aromatic heterocycles. The molecule has 4 heterocycles. The summed E-state index contributed by atoms with van der Waals surface area (Å²) in [5.41, 5.74) is 1.22. The van der Waals surface area contributed by atoms with E-state index in [1.165, 1.54) is 16.9 Å². The van der Waals surface area contributed by atoms with E-state index in [9.17, 15) is 0 Å². The van der Waals surface area contributed by atoms with Gasteiger partial charge in [-0.2, -0.15) is 5.10 Å². The third-order valence-electron chi connectivity index (χ3n) is 5.07. The molecule has 1 aromatic carbocycles. The number of hydrogen-bond donors (Lipinski definition) is 1. The molecular formula is C20H20N6S. The zero-order valence-corrected chi connectivity index (χ0v) is 15.9. The number of nitrogens with one attached hydrogen (secondary N) is 1. The molecule has 27 heavy (non-hydrogen) atoms. The molecule has 1 atom stereocenters. The minimum atomic E-state index is 0.179. The Bertz CT molecular complexity index is 1060. The van der Waals surface area contributed by atoms with E-state index in [1.54, 1.807) is 17.7 Å². The lowest BCUT2D eigenvalue weighted by atomic mass is 10.0. The number of rotatable bonds is 3. The predicted octanol–water partition coefficient (Wildman–Crippen LogP) is 4.52. The second-order valence-electron chi connectivity index (χ2n) is 6.87.